The third kappa shape index (κ3) is 5.90. The van der Waals surface area contributed by atoms with Crippen LogP contribution >= 0.6 is 18.6 Å². The van der Waals surface area contributed by atoms with Crippen LogP contribution in [0.4, 0.5) is 0 Å². The van der Waals surface area contributed by atoms with Gasteiger partial charge in [-0.25, -0.2) is 0 Å². The maximum absolute atomic E-state index is 4.89. The minimum absolute atomic E-state index is 0. The number of halogens is 2. The summed E-state index contributed by atoms with van der Waals surface area (Å²) in [4.78, 5) is 0. The van der Waals surface area contributed by atoms with Gasteiger partial charge in [-0.3, -0.25) is 6.67 Å². The van der Waals surface area contributed by atoms with E-state index in [4.69, 9.17) is 18.6 Å². The summed E-state index contributed by atoms with van der Waals surface area (Å²) < 4.78 is 2.61. The topological polar surface area (TPSA) is 31.4 Å². The van der Waals surface area contributed by atoms with Crippen LogP contribution in [0.3, 0.4) is 0 Å². The van der Waals surface area contributed by atoms with Gasteiger partial charge >= 0.3 is 35.6 Å². The molecule has 0 radical (unpaired) electrons. The van der Waals surface area contributed by atoms with Crippen LogP contribution in [0.15, 0.2) is 54.6 Å². The third-order valence-corrected chi connectivity index (χ3v) is 11.4. The van der Waals surface area contributed by atoms with Crippen LogP contribution in [-0.2, 0) is 17.0 Å². The molecule has 1 aliphatic heterocycles. The second kappa shape index (κ2) is 12.4. The zero-order valence-corrected chi connectivity index (χ0v) is 22.6. The molecule has 0 aromatic heterocycles. The first-order valence-electron chi connectivity index (χ1n) is 10.4. The predicted octanol–water partition coefficient (Wildman–Crippen LogP) is 7.51. The molecule has 1 saturated carbocycles. The Morgan fingerprint density at radius 3 is 2.27 bits per heavy atom. The van der Waals surface area contributed by atoms with E-state index in [9.17, 15) is 0 Å². The van der Waals surface area contributed by atoms with Crippen molar-refractivity contribution in [2.24, 2.45) is 17.8 Å². The summed E-state index contributed by atoms with van der Waals surface area (Å²) in [7, 11) is 8.15. The van der Waals surface area contributed by atoms with Crippen molar-refractivity contribution in [3.05, 3.63) is 78.3 Å². The van der Waals surface area contributed by atoms with Crippen molar-refractivity contribution < 1.29 is 17.0 Å². The first-order chi connectivity index (χ1) is 14.0. The van der Waals surface area contributed by atoms with Crippen LogP contribution < -0.4 is 0 Å². The standard InChI is InChI=1S/C22H31N3Si.CH3.2ClH.Ti/c1-17-13-21-19(18-9-5-4-6-10-18)11-7-8-12-20(21)22(17)26(2,3)25-15-23-14-24-16-25;;;;/h4-12,17,19-22H,13-16H2,1-3H3;1H3;2*1H;/q-2;-1;;;+6/p-2. The van der Waals surface area contributed by atoms with Gasteiger partial charge in [0.15, 0.2) is 0 Å². The summed E-state index contributed by atoms with van der Waals surface area (Å²) in [5.74, 6) is 2.66. The molecule has 2 aliphatic carbocycles. The van der Waals surface area contributed by atoms with Crippen molar-refractivity contribution in [1.29, 1.82) is 0 Å². The van der Waals surface area contributed by atoms with Crippen LogP contribution in [-0.4, -0.2) is 32.8 Å². The second-order valence-electron chi connectivity index (χ2n) is 8.82. The Labute approximate surface area is 201 Å². The number of nitrogens with zero attached hydrogens (tertiary/aromatic N) is 3. The number of hydrogen-bond acceptors (Lipinski definition) is 1. The Balaban J connectivity index is 0.000000757. The van der Waals surface area contributed by atoms with Crippen molar-refractivity contribution in [1.82, 2.24) is 4.57 Å². The molecule has 4 rings (SSSR count). The van der Waals surface area contributed by atoms with Crippen molar-refractivity contribution in [2.75, 3.05) is 20.0 Å². The molecule has 1 aromatic carbocycles. The van der Waals surface area contributed by atoms with E-state index in [2.05, 4.69) is 89.9 Å². The molecule has 7 heteroatoms. The van der Waals surface area contributed by atoms with Gasteiger partial charge in [0.1, 0.15) is 8.24 Å². The molecular formula is C23H34Cl2N3SiTi+. The zero-order chi connectivity index (χ0) is 20.9. The summed E-state index contributed by atoms with van der Waals surface area (Å²) >= 11 is -0.556. The van der Waals surface area contributed by atoms with E-state index < -0.39 is 25.3 Å². The van der Waals surface area contributed by atoms with E-state index >= 15 is 0 Å². The number of benzene rings is 1. The maximum atomic E-state index is 4.89. The van der Waals surface area contributed by atoms with Gasteiger partial charge < -0.3 is 22.6 Å². The van der Waals surface area contributed by atoms with Gasteiger partial charge in [-0.2, -0.15) is 0 Å². The molecular weight excluding hydrogens is 465 g/mol. The number of rotatable bonds is 3. The first kappa shape index (κ1) is 26.3. The molecule has 3 nitrogen and oxygen atoms in total. The molecule has 0 amide bonds. The summed E-state index contributed by atoms with van der Waals surface area (Å²) in [5, 5.41) is 9.14. The fourth-order valence-corrected chi connectivity index (χ4v) is 9.95. The summed E-state index contributed by atoms with van der Waals surface area (Å²) in [5.41, 5.74) is 2.23. The quantitative estimate of drug-likeness (QED) is 0.313. The second-order valence-corrected chi connectivity index (χ2v) is 16.0. The van der Waals surface area contributed by atoms with Crippen molar-refractivity contribution in [3.8, 4) is 0 Å². The van der Waals surface area contributed by atoms with Gasteiger partial charge in [-0.15, -0.1) is 13.3 Å². The van der Waals surface area contributed by atoms with E-state index in [0.717, 1.165) is 24.8 Å². The van der Waals surface area contributed by atoms with Crippen LogP contribution in [0.2, 0.25) is 18.6 Å². The van der Waals surface area contributed by atoms with Gasteiger partial charge in [-0.1, -0.05) is 74.7 Å². The third-order valence-electron chi connectivity index (χ3n) is 6.95. The molecule has 5 unspecified atom stereocenters. The molecule has 1 saturated heterocycles. The average molecular weight is 499 g/mol. The first-order valence-corrected chi connectivity index (χ1v) is 17.7. The van der Waals surface area contributed by atoms with Gasteiger partial charge in [0.25, 0.3) is 0 Å². The molecule has 30 heavy (non-hydrogen) atoms. The summed E-state index contributed by atoms with van der Waals surface area (Å²) in [6.07, 6.45) is 10.9. The molecule has 2 fully saturated rings. The van der Waals surface area contributed by atoms with Gasteiger partial charge in [-0.05, 0) is 35.3 Å². The summed E-state index contributed by atoms with van der Waals surface area (Å²) in [6.45, 7) is 10.0. The normalized spacial score (nSPS) is 31.3. The Morgan fingerprint density at radius 1 is 1.03 bits per heavy atom. The predicted molar refractivity (Wildman–Crippen MR) is 131 cm³/mol. The van der Waals surface area contributed by atoms with E-state index in [1.165, 1.54) is 12.0 Å². The van der Waals surface area contributed by atoms with Crippen LogP contribution in [0.1, 0.15) is 24.8 Å². The molecule has 3 aliphatic rings. The van der Waals surface area contributed by atoms with E-state index in [-0.39, 0.29) is 7.43 Å². The Morgan fingerprint density at radius 2 is 1.63 bits per heavy atom. The summed E-state index contributed by atoms with van der Waals surface area (Å²) in [6, 6.07) is 11.1. The molecule has 0 spiro atoms. The van der Waals surface area contributed by atoms with Gasteiger partial charge in [0.2, 0.25) is 0 Å². The van der Waals surface area contributed by atoms with Crippen molar-refractivity contribution >= 4 is 26.8 Å². The molecule has 1 heterocycles. The Kier molecular flexibility index (Phi) is 10.9. The van der Waals surface area contributed by atoms with Crippen LogP contribution in [0.5, 0.6) is 0 Å². The van der Waals surface area contributed by atoms with E-state index in [1.807, 2.05) is 0 Å². The van der Waals surface area contributed by atoms with Crippen LogP contribution in [0.25, 0.3) is 10.6 Å². The molecule has 1 aromatic rings. The van der Waals surface area contributed by atoms with E-state index in [0.29, 0.717) is 24.4 Å². The minimum atomic E-state index is -1.63. The molecule has 162 valence electrons. The zero-order valence-electron chi connectivity index (χ0n) is 18.5. The molecule has 0 bridgehead atoms. The Bertz CT molecular complexity index is 695. The van der Waals surface area contributed by atoms with Gasteiger partial charge in [0, 0.05) is 5.92 Å². The number of fused-ring (bicyclic) bond motifs is 1. The SMILES string of the molecule is CC1CC2C(c3ccccc3)C=CC=CC2C1[Si](C)(C)N1C[N-]C[N-]C1.[CH3-].[Cl][Ti+4][Cl]. The van der Waals surface area contributed by atoms with Crippen molar-refractivity contribution in [2.45, 2.75) is 37.9 Å². The van der Waals surface area contributed by atoms with Crippen LogP contribution in [0, 0.1) is 25.2 Å². The number of allylic oxidation sites excluding steroid dienone is 4. The molecule has 0 N–H and O–H groups in total. The van der Waals surface area contributed by atoms with E-state index in [1.54, 1.807) is 0 Å². The number of hydrogen-bond donors (Lipinski definition) is 0. The average Bonchev–Trinajstić information content (AvgIpc) is 2.93. The fourth-order valence-electron chi connectivity index (χ4n) is 5.77. The Hall–Kier alpha value is 0.0912. The monoisotopic (exact) mass is 498 g/mol. The fraction of sp³-hybridized carbons (Fsp3) is 0.522. The molecule has 5 atom stereocenters. The van der Waals surface area contributed by atoms with Crippen molar-refractivity contribution in [3.63, 3.8) is 0 Å². The van der Waals surface area contributed by atoms with Gasteiger partial charge in [0.05, 0.1) is 0 Å².